The molecule has 9 heteroatoms. The lowest BCUT2D eigenvalue weighted by atomic mass is 9.96. The molecule has 0 aliphatic rings. The maximum Gasteiger partial charge on any atom is 0.307 e. The van der Waals surface area contributed by atoms with Crippen LogP contribution in [-0.4, -0.2) is 20.2 Å². The molecule has 2 aromatic heterocycles. The van der Waals surface area contributed by atoms with Gasteiger partial charge in [-0.1, -0.05) is 34.8 Å². The van der Waals surface area contributed by atoms with Crippen LogP contribution in [0.5, 0.6) is 11.8 Å². The third-order valence-electron chi connectivity index (χ3n) is 3.04. The molecule has 0 radical (unpaired) electrons. The Labute approximate surface area is 130 Å². The highest BCUT2D eigenvalue weighted by molar-refractivity contribution is 7.11. The first-order chi connectivity index (χ1) is 10.5. The predicted molar refractivity (Wildman–Crippen MR) is 80.6 cm³/mol. The van der Waals surface area contributed by atoms with Gasteiger partial charge in [0.25, 0.3) is 0 Å². The zero-order chi connectivity index (χ0) is 15.9. The Morgan fingerprint density at radius 1 is 0.909 bits per heavy atom. The molecule has 114 valence electrons. The summed E-state index contributed by atoms with van der Waals surface area (Å²) >= 11 is 1.52. The van der Waals surface area contributed by atoms with Crippen molar-refractivity contribution in [1.29, 1.82) is 0 Å². The summed E-state index contributed by atoms with van der Waals surface area (Å²) < 4.78 is 13.1. The topological polar surface area (TPSA) is 106 Å². The predicted octanol–water partition coefficient (Wildman–Crippen LogP) is 1.92. The highest BCUT2D eigenvalue weighted by atomic mass is 32.1. The van der Waals surface area contributed by atoms with Gasteiger partial charge in [-0.2, -0.15) is 0 Å². The second-order valence-electron chi connectivity index (χ2n) is 4.44. The molecule has 0 saturated heterocycles. The Bertz CT molecular complexity index is 868. The van der Waals surface area contributed by atoms with Crippen LogP contribution in [0.15, 0.2) is 33.9 Å². The van der Waals surface area contributed by atoms with E-state index >= 15 is 0 Å². The molecule has 2 heterocycles. The number of halogens is 1. The van der Waals surface area contributed by atoms with Gasteiger partial charge in [-0.15, -0.1) is 0 Å². The van der Waals surface area contributed by atoms with Gasteiger partial charge < -0.3 is 10.2 Å². The van der Waals surface area contributed by atoms with E-state index in [9.17, 15) is 24.2 Å². The Hall–Kier alpha value is -2.39. The van der Waals surface area contributed by atoms with Crippen LogP contribution in [0.25, 0.3) is 0 Å². The number of benzene rings is 1. The largest absolute Gasteiger partial charge is 0.494 e. The van der Waals surface area contributed by atoms with E-state index in [0.29, 0.717) is 5.56 Å². The highest BCUT2D eigenvalue weighted by Crippen LogP contribution is 2.41. The first-order valence-corrected chi connectivity index (χ1v) is 7.68. The molecule has 0 atom stereocenters. The van der Waals surface area contributed by atoms with E-state index in [1.807, 2.05) is 0 Å². The minimum atomic E-state index is -0.756. The molecule has 0 aliphatic heterocycles. The first-order valence-electron chi connectivity index (χ1n) is 6.05. The van der Waals surface area contributed by atoms with Crippen molar-refractivity contribution >= 4 is 22.7 Å². The molecule has 0 saturated carbocycles. The van der Waals surface area contributed by atoms with E-state index in [1.54, 1.807) is 0 Å². The molecule has 3 rings (SSSR count). The second kappa shape index (κ2) is 5.43. The molecule has 3 aromatic rings. The van der Waals surface area contributed by atoms with Gasteiger partial charge in [0.1, 0.15) is 5.82 Å². The fourth-order valence-electron chi connectivity index (χ4n) is 2.13. The van der Waals surface area contributed by atoms with Gasteiger partial charge >= 0.3 is 9.75 Å². The minimum Gasteiger partial charge on any atom is -0.494 e. The van der Waals surface area contributed by atoms with Crippen LogP contribution in [0.3, 0.4) is 0 Å². The van der Waals surface area contributed by atoms with Crippen molar-refractivity contribution in [2.45, 2.75) is 5.92 Å². The first kappa shape index (κ1) is 14.5. The summed E-state index contributed by atoms with van der Waals surface area (Å²) in [6.45, 7) is 0. The normalized spacial score (nSPS) is 11.2. The van der Waals surface area contributed by atoms with Gasteiger partial charge in [-0.05, 0) is 17.7 Å². The molecular weight excluding hydrogens is 331 g/mol. The van der Waals surface area contributed by atoms with Gasteiger partial charge in [0.2, 0.25) is 11.8 Å². The van der Waals surface area contributed by atoms with Crippen LogP contribution in [0.4, 0.5) is 4.39 Å². The quantitative estimate of drug-likeness (QED) is 0.584. The van der Waals surface area contributed by atoms with Crippen LogP contribution in [0.2, 0.25) is 0 Å². The lowest BCUT2D eigenvalue weighted by Crippen LogP contribution is -2.00. The average molecular weight is 340 g/mol. The van der Waals surface area contributed by atoms with Crippen molar-refractivity contribution in [3.8, 4) is 11.8 Å². The van der Waals surface area contributed by atoms with Crippen molar-refractivity contribution in [3.63, 3.8) is 0 Å². The summed E-state index contributed by atoms with van der Waals surface area (Å²) in [7, 11) is 0. The molecule has 4 N–H and O–H groups in total. The summed E-state index contributed by atoms with van der Waals surface area (Å²) in [5, 5.41) is 19.8. The van der Waals surface area contributed by atoms with E-state index in [2.05, 4.69) is 9.97 Å². The number of thiazole rings is 2. The Morgan fingerprint density at radius 2 is 1.36 bits per heavy atom. The number of H-pyrrole nitrogens is 2. The Balaban J connectivity index is 2.24. The smallest absolute Gasteiger partial charge is 0.307 e. The molecule has 0 bridgehead atoms. The zero-order valence-corrected chi connectivity index (χ0v) is 12.4. The Morgan fingerprint density at radius 3 is 1.73 bits per heavy atom. The maximum absolute atomic E-state index is 13.1. The monoisotopic (exact) mass is 340 g/mol. The van der Waals surface area contributed by atoms with Crippen molar-refractivity contribution in [2.24, 2.45) is 0 Å². The van der Waals surface area contributed by atoms with Crippen molar-refractivity contribution in [2.75, 3.05) is 0 Å². The van der Waals surface area contributed by atoms with E-state index in [-0.39, 0.29) is 21.5 Å². The number of hydrogen-bond donors (Lipinski definition) is 4. The third kappa shape index (κ3) is 2.55. The molecule has 0 aliphatic carbocycles. The molecule has 6 nitrogen and oxygen atoms in total. The van der Waals surface area contributed by atoms with Gasteiger partial charge in [0.05, 0.1) is 15.7 Å². The number of aromatic hydroxyl groups is 2. The van der Waals surface area contributed by atoms with Crippen LogP contribution < -0.4 is 9.75 Å². The average Bonchev–Trinajstić information content (AvgIpc) is 2.95. The third-order valence-corrected chi connectivity index (χ3v) is 4.91. The SMILES string of the molecule is O=c1[nH]c(O)c(C(c2ccc(F)cc2)c2sc(=O)[nH]c2O)s1. The minimum absolute atomic E-state index is 0.238. The molecule has 0 fully saturated rings. The summed E-state index contributed by atoms with van der Waals surface area (Å²) in [4.78, 5) is 26.9. The second-order valence-corrected chi connectivity index (χ2v) is 6.47. The fourth-order valence-corrected chi connectivity index (χ4v) is 3.94. The standard InChI is InChI=1S/C13H9FN2O4S2/c14-6-3-1-5(2-4-6)7(8-10(17)15-12(19)21-8)9-11(18)16-13(20)22-9/h1-4,7,17-18H,(H,15,19)(H,16,20). The maximum atomic E-state index is 13.1. The lowest BCUT2D eigenvalue weighted by molar-refractivity contribution is 0.442. The number of aromatic nitrogens is 2. The summed E-state index contributed by atoms with van der Waals surface area (Å²) in [6, 6.07) is 5.38. The molecular formula is C13H9FN2O4S2. The summed E-state index contributed by atoms with van der Waals surface area (Å²) in [6.07, 6.45) is 0. The number of aromatic amines is 2. The van der Waals surface area contributed by atoms with E-state index in [0.717, 1.165) is 22.7 Å². The summed E-state index contributed by atoms with van der Waals surface area (Å²) in [5.41, 5.74) is 0.525. The molecule has 0 unspecified atom stereocenters. The Kier molecular flexibility index (Phi) is 3.59. The van der Waals surface area contributed by atoms with Crippen molar-refractivity contribution < 1.29 is 14.6 Å². The van der Waals surface area contributed by atoms with Gasteiger partial charge in [0.15, 0.2) is 0 Å². The van der Waals surface area contributed by atoms with Gasteiger partial charge in [-0.3, -0.25) is 19.6 Å². The summed E-state index contributed by atoms with van der Waals surface area (Å²) in [5.74, 6) is -1.89. The van der Waals surface area contributed by atoms with Crippen LogP contribution >= 0.6 is 22.7 Å². The zero-order valence-electron chi connectivity index (χ0n) is 10.8. The van der Waals surface area contributed by atoms with Crippen LogP contribution in [0, 0.1) is 5.82 Å². The van der Waals surface area contributed by atoms with E-state index in [1.165, 1.54) is 24.3 Å². The number of rotatable bonds is 3. The fraction of sp³-hybridized carbons (Fsp3) is 0.0769. The van der Waals surface area contributed by atoms with Crippen molar-refractivity contribution in [1.82, 2.24) is 9.97 Å². The molecule has 0 spiro atoms. The lowest BCUT2D eigenvalue weighted by Gasteiger charge is -2.14. The van der Waals surface area contributed by atoms with Gasteiger partial charge in [-0.25, -0.2) is 4.39 Å². The number of nitrogens with one attached hydrogen (secondary N) is 2. The molecule has 22 heavy (non-hydrogen) atoms. The van der Waals surface area contributed by atoms with E-state index < -0.39 is 21.5 Å². The van der Waals surface area contributed by atoms with Gasteiger partial charge in [0, 0.05) is 0 Å². The van der Waals surface area contributed by atoms with Crippen LogP contribution in [0.1, 0.15) is 21.2 Å². The van der Waals surface area contributed by atoms with E-state index in [4.69, 9.17) is 0 Å². The number of hydrogen-bond acceptors (Lipinski definition) is 6. The van der Waals surface area contributed by atoms with Crippen LogP contribution in [-0.2, 0) is 0 Å². The highest BCUT2D eigenvalue weighted by Gasteiger charge is 2.28. The van der Waals surface area contributed by atoms with Crippen molar-refractivity contribution in [3.05, 3.63) is 64.7 Å². The molecule has 1 aromatic carbocycles. The molecule has 0 amide bonds.